The number of carbonyl (C=O) groups excluding carboxylic acids is 1. The molecule has 0 saturated carbocycles. The maximum absolute atomic E-state index is 13.4. The first-order valence-electron chi connectivity index (χ1n) is 10.3. The van der Waals surface area contributed by atoms with E-state index in [-0.39, 0.29) is 11.3 Å². The van der Waals surface area contributed by atoms with Crippen molar-refractivity contribution in [3.8, 4) is 5.75 Å². The predicted molar refractivity (Wildman–Crippen MR) is 111 cm³/mol. The van der Waals surface area contributed by atoms with Crippen LogP contribution in [0.1, 0.15) is 25.3 Å². The molecule has 4 bridgehead atoms. The molecule has 1 aromatic carbocycles. The molecular formula is C22H24N4O4. The van der Waals surface area contributed by atoms with Gasteiger partial charge in [0.25, 0.3) is 0 Å². The van der Waals surface area contributed by atoms with Gasteiger partial charge in [-0.2, -0.15) is 0 Å². The minimum Gasteiger partial charge on any atom is -0.480 e. The van der Waals surface area contributed by atoms with Crippen molar-refractivity contribution in [2.24, 2.45) is 4.99 Å². The molecule has 6 heterocycles. The number of ketones is 1. The van der Waals surface area contributed by atoms with Crippen LogP contribution < -0.4 is 10.4 Å². The maximum atomic E-state index is 13.4. The highest BCUT2D eigenvalue weighted by molar-refractivity contribution is 6.09. The van der Waals surface area contributed by atoms with Gasteiger partial charge >= 0.3 is 5.63 Å². The minimum atomic E-state index is -0.982. The fourth-order valence-electron chi connectivity index (χ4n) is 5.53. The first kappa shape index (κ1) is 18.2. The molecule has 8 heteroatoms. The molecule has 4 saturated heterocycles. The zero-order chi connectivity index (χ0) is 20.7. The summed E-state index contributed by atoms with van der Waals surface area (Å²) in [5, 5.41) is 0.765. The number of ether oxygens (including phenoxy) is 1. The van der Waals surface area contributed by atoms with Crippen LogP contribution in [0, 0.1) is 0 Å². The Kier molecular flexibility index (Phi) is 3.65. The summed E-state index contributed by atoms with van der Waals surface area (Å²) in [5.74, 6) is -0.130. The molecule has 7 rings (SSSR count). The molecule has 5 aliphatic heterocycles. The van der Waals surface area contributed by atoms with Gasteiger partial charge in [0.2, 0.25) is 0 Å². The van der Waals surface area contributed by atoms with Crippen LogP contribution in [0.2, 0.25) is 0 Å². The van der Waals surface area contributed by atoms with Gasteiger partial charge in [0.1, 0.15) is 11.3 Å². The molecule has 5 aliphatic rings. The largest absolute Gasteiger partial charge is 0.480 e. The number of Topliss-reactive ketones (excluding diaryl/α,β-unsaturated/α-hetero) is 1. The van der Waals surface area contributed by atoms with E-state index in [2.05, 4.69) is 14.7 Å². The SMILES string of the molecule is CC1(C)Oc2ccc3ccc(=O)oc3c2[C@@H](C=NC23CN4CN(CN(C4)C2)C3)C1=O. The maximum Gasteiger partial charge on any atom is 0.336 e. The van der Waals surface area contributed by atoms with Crippen molar-refractivity contribution in [3.63, 3.8) is 0 Å². The summed E-state index contributed by atoms with van der Waals surface area (Å²) < 4.78 is 11.5. The van der Waals surface area contributed by atoms with Gasteiger partial charge in [0.15, 0.2) is 11.4 Å². The monoisotopic (exact) mass is 408 g/mol. The van der Waals surface area contributed by atoms with Crippen molar-refractivity contribution in [1.82, 2.24) is 14.7 Å². The molecule has 0 aliphatic carbocycles. The van der Waals surface area contributed by atoms with E-state index in [4.69, 9.17) is 14.1 Å². The summed E-state index contributed by atoms with van der Waals surface area (Å²) >= 11 is 0. The second-order valence-electron chi connectivity index (χ2n) is 9.52. The number of nitrogens with zero attached hydrogens (tertiary/aromatic N) is 4. The highest BCUT2D eigenvalue weighted by Gasteiger charge is 2.49. The van der Waals surface area contributed by atoms with E-state index < -0.39 is 17.1 Å². The lowest BCUT2D eigenvalue weighted by Crippen LogP contribution is -2.75. The molecule has 0 N–H and O–H groups in total. The van der Waals surface area contributed by atoms with E-state index in [1.165, 1.54) is 6.07 Å². The van der Waals surface area contributed by atoms with Crippen molar-refractivity contribution in [2.75, 3.05) is 39.6 Å². The molecule has 8 nitrogen and oxygen atoms in total. The van der Waals surface area contributed by atoms with Crippen LogP contribution in [0.3, 0.4) is 0 Å². The Morgan fingerprint density at radius 1 is 1.00 bits per heavy atom. The van der Waals surface area contributed by atoms with Crippen LogP contribution >= 0.6 is 0 Å². The normalized spacial score (nSPS) is 36.3. The van der Waals surface area contributed by atoms with Crippen LogP contribution in [-0.4, -0.2) is 77.5 Å². The second-order valence-corrected chi connectivity index (χ2v) is 9.52. The number of hydrogen-bond donors (Lipinski definition) is 0. The third kappa shape index (κ3) is 2.67. The Bertz CT molecular complexity index is 1120. The van der Waals surface area contributed by atoms with Gasteiger partial charge in [-0.15, -0.1) is 0 Å². The predicted octanol–water partition coefficient (Wildman–Crippen LogP) is 1.25. The summed E-state index contributed by atoms with van der Waals surface area (Å²) in [6.07, 6.45) is 1.79. The van der Waals surface area contributed by atoms with Crippen molar-refractivity contribution in [2.45, 2.75) is 30.9 Å². The topological polar surface area (TPSA) is 78.6 Å². The van der Waals surface area contributed by atoms with Gasteiger partial charge in [-0.05, 0) is 32.0 Å². The molecule has 1 atom stereocenters. The molecular weight excluding hydrogens is 384 g/mol. The van der Waals surface area contributed by atoms with Gasteiger partial charge in [-0.1, -0.05) is 0 Å². The molecule has 1 aromatic heterocycles. The van der Waals surface area contributed by atoms with Crippen LogP contribution in [-0.2, 0) is 4.79 Å². The average molecular weight is 408 g/mol. The number of aliphatic imine (C=N–C) groups is 1. The first-order chi connectivity index (χ1) is 14.3. The summed E-state index contributed by atoms with van der Waals surface area (Å²) in [4.78, 5) is 37.5. The van der Waals surface area contributed by atoms with E-state index in [0.717, 1.165) is 45.0 Å². The third-order valence-electron chi connectivity index (χ3n) is 6.59. The molecule has 0 radical (unpaired) electrons. The smallest absolute Gasteiger partial charge is 0.336 e. The van der Waals surface area contributed by atoms with Crippen LogP contribution in [0.4, 0.5) is 0 Å². The quantitative estimate of drug-likeness (QED) is 0.547. The zero-order valence-electron chi connectivity index (χ0n) is 17.1. The number of rotatable bonds is 2. The van der Waals surface area contributed by atoms with E-state index in [9.17, 15) is 9.59 Å². The highest BCUT2D eigenvalue weighted by atomic mass is 16.5. The molecule has 0 amide bonds. The zero-order valence-corrected chi connectivity index (χ0v) is 17.1. The Morgan fingerprint density at radius 2 is 1.63 bits per heavy atom. The Hall–Kier alpha value is -2.55. The van der Waals surface area contributed by atoms with Gasteiger partial charge in [0.05, 0.1) is 37.0 Å². The highest BCUT2D eigenvalue weighted by Crippen LogP contribution is 2.42. The minimum absolute atomic E-state index is 0.0802. The van der Waals surface area contributed by atoms with E-state index in [1.54, 1.807) is 26.1 Å². The Morgan fingerprint density at radius 3 is 2.30 bits per heavy atom. The number of benzene rings is 1. The molecule has 156 valence electrons. The summed E-state index contributed by atoms with van der Waals surface area (Å²) in [7, 11) is 0. The Labute approximate surface area is 173 Å². The molecule has 0 unspecified atom stereocenters. The van der Waals surface area contributed by atoms with E-state index >= 15 is 0 Å². The third-order valence-corrected chi connectivity index (χ3v) is 6.59. The first-order valence-corrected chi connectivity index (χ1v) is 10.3. The van der Waals surface area contributed by atoms with Crippen molar-refractivity contribution >= 4 is 23.0 Å². The van der Waals surface area contributed by atoms with Crippen LogP contribution in [0.15, 0.2) is 38.5 Å². The number of hydrogen-bond acceptors (Lipinski definition) is 8. The summed E-state index contributed by atoms with van der Waals surface area (Å²) in [5.41, 5.74) is -0.655. The molecule has 30 heavy (non-hydrogen) atoms. The number of fused-ring (bicyclic) bond motifs is 3. The molecule has 0 spiro atoms. The van der Waals surface area contributed by atoms with Gasteiger partial charge in [0, 0.05) is 37.3 Å². The van der Waals surface area contributed by atoms with Gasteiger partial charge < -0.3 is 9.15 Å². The van der Waals surface area contributed by atoms with Crippen molar-refractivity contribution < 1.29 is 13.9 Å². The molecule has 2 aromatic rings. The Balaban J connectivity index is 1.47. The van der Waals surface area contributed by atoms with Gasteiger partial charge in [-0.3, -0.25) is 24.5 Å². The number of carbonyl (C=O) groups is 1. The molecule has 4 fully saturated rings. The lowest BCUT2D eigenvalue weighted by atomic mass is 9.82. The summed E-state index contributed by atoms with van der Waals surface area (Å²) in [6.45, 7) is 9.19. The lowest BCUT2D eigenvalue weighted by Gasteiger charge is -2.59. The fraction of sp³-hybridized carbons (Fsp3) is 0.500. The lowest BCUT2D eigenvalue weighted by molar-refractivity contribution is -0.139. The second kappa shape index (κ2) is 6.00. The summed E-state index contributed by atoms with van der Waals surface area (Å²) in [6, 6.07) is 6.80. The van der Waals surface area contributed by atoms with Crippen molar-refractivity contribution in [3.05, 3.63) is 40.2 Å². The van der Waals surface area contributed by atoms with Crippen LogP contribution in [0.5, 0.6) is 5.75 Å². The van der Waals surface area contributed by atoms with E-state index in [0.29, 0.717) is 16.9 Å². The van der Waals surface area contributed by atoms with Crippen LogP contribution in [0.25, 0.3) is 11.0 Å². The van der Waals surface area contributed by atoms with Crippen molar-refractivity contribution in [1.29, 1.82) is 0 Å². The fourth-order valence-corrected chi connectivity index (χ4v) is 5.53. The average Bonchev–Trinajstić information content (AvgIpc) is 2.67. The van der Waals surface area contributed by atoms with Gasteiger partial charge in [-0.25, -0.2) is 4.79 Å². The standard InChI is InChI=1S/C22H24N4O4/c1-21(2)20(28)15(7-23-22-8-24-11-25(9-22)13-26(10-22)12-24)18-16(30-21)5-3-14-4-6-17(27)29-19(14)18/h3-7,15H,8-13H2,1-2H3/t15-/m1/s1. The van der Waals surface area contributed by atoms with E-state index in [1.807, 2.05) is 12.1 Å².